The largest absolute Gasteiger partial charge is 0.344 e. The second kappa shape index (κ2) is 13.5. The van der Waals surface area contributed by atoms with Crippen LogP contribution in [0.5, 0.6) is 0 Å². The molecule has 2 atom stereocenters. The Kier molecular flexibility index (Phi) is 10.8. The maximum absolute atomic E-state index is 2.52. The zero-order valence-electron chi connectivity index (χ0n) is 17.4. The Morgan fingerprint density at radius 2 is 0.926 bits per heavy atom. The van der Waals surface area contributed by atoms with Crippen molar-refractivity contribution in [1.82, 2.24) is 0 Å². The van der Waals surface area contributed by atoms with Gasteiger partial charge in [-0.05, 0) is 50.7 Å². The Morgan fingerprint density at radius 3 is 1.33 bits per heavy atom. The zero-order valence-corrected chi connectivity index (χ0v) is 17.4. The molecular formula is C25H40N2+2. The average molecular weight is 369 g/mol. The minimum atomic E-state index is 0.688. The fourth-order valence-corrected chi connectivity index (χ4v) is 3.76. The highest BCUT2D eigenvalue weighted by molar-refractivity contribution is 5.15. The Balaban J connectivity index is 1.39. The average Bonchev–Trinajstić information content (AvgIpc) is 2.68. The molecule has 0 heterocycles. The Labute approximate surface area is 166 Å². The summed E-state index contributed by atoms with van der Waals surface area (Å²) < 4.78 is 0. The van der Waals surface area contributed by atoms with Crippen molar-refractivity contribution in [2.45, 2.75) is 70.9 Å². The van der Waals surface area contributed by atoms with Crippen molar-refractivity contribution in [3.8, 4) is 0 Å². The van der Waals surface area contributed by atoms with Gasteiger partial charge in [-0.25, -0.2) is 0 Å². The van der Waals surface area contributed by atoms with Crippen LogP contribution in [0.1, 0.15) is 57.1 Å². The van der Waals surface area contributed by atoms with Crippen molar-refractivity contribution in [2.24, 2.45) is 0 Å². The maximum Gasteiger partial charge on any atom is 0.0871 e. The number of unbranched alkanes of at least 4 members (excludes halogenated alkanes) is 4. The number of hydrogen-bond donors (Lipinski definition) is 2. The molecule has 0 saturated carbocycles. The van der Waals surface area contributed by atoms with Crippen LogP contribution in [0.3, 0.4) is 0 Å². The summed E-state index contributed by atoms with van der Waals surface area (Å²) in [6.45, 7) is 7.24. The van der Waals surface area contributed by atoms with Gasteiger partial charge >= 0.3 is 0 Å². The van der Waals surface area contributed by atoms with Crippen LogP contribution < -0.4 is 10.6 Å². The van der Waals surface area contributed by atoms with Gasteiger partial charge in [-0.1, -0.05) is 67.1 Å². The number of nitrogens with two attached hydrogens (primary N) is 2. The summed E-state index contributed by atoms with van der Waals surface area (Å²) in [5.41, 5.74) is 2.91. The Hall–Kier alpha value is -1.64. The molecule has 2 aromatic carbocycles. The second-order valence-electron chi connectivity index (χ2n) is 8.15. The van der Waals surface area contributed by atoms with Crippen LogP contribution in [0.4, 0.5) is 0 Å². The lowest BCUT2D eigenvalue weighted by Crippen LogP contribution is -2.89. The van der Waals surface area contributed by atoms with E-state index in [4.69, 9.17) is 0 Å². The third-order valence-corrected chi connectivity index (χ3v) is 5.35. The first kappa shape index (κ1) is 21.7. The van der Waals surface area contributed by atoms with E-state index in [1.165, 1.54) is 69.2 Å². The monoisotopic (exact) mass is 368 g/mol. The fourth-order valence-electron chi connectivity index (χ4n) is 3.76. The minimum Gasteiger partial charge on any atom is -0.344 e. The quantitative estimate of drug-likeness (QED) is 0.480. The predicted molar refractivity (Wildman–Crippen MR) is 116 cm³/mol. The van der Waals surface area contributed by atoms with E-state index >= 15 is 0 Å². The van der Waals surface area contributed by atoms with Crippen LogP contribution in [-0.2, 0) is 12.8 Å². The first-order valence-corrected chi connectivity index (χ1v) is 11.0. The summed E-state index contributed by atoms with van der Waals surface area (Å²) >= 11 is 0. The van der Waals surface area contributed by atoms with E-state index < -0.39 is 0 Å². The lowest BCUT2D eigenvalue weighted by atomic mass is 10.1. The summed E-state index contributed by atoms with van der Waals surface area (Å²) in [6, 6.07) is 23.1. The van der Waals surface area contributed by atoms with Gasteiger partial charge < -0.3 is 10.6 Å². The van der Waals surface area contributed by atoms with E-state index in [0.29, 0.717) is 12.1 Å². The molecule has 148 valence electrons. The van der Waals surface area contributed by atoms with E-state index in [0.717, 1.165) is 0 Å². The van der Waals surface area contributed by atoms with Crippen molar-refractivity contribution in [1.29, 1.82) is 0 Å². The highest BCUT2D eigenvalue weighted by Crippen LogP contribution is 2.03. The smallest absolute Gasteiger partial charge is 0.0871 e. The molecule has 0 amide bonds. The predicted octanol–water partition coefficient (Wildman–Crippen LogP) is 3.33. The molecular weight excluding hydrogens is 328 g/mol. The molecule has 0 spiro atoms. The van der Waals surface area contributed by atoms with Gasteiger partial charge in [0.25, 0.3) is 0 Å². The molecule has 0 aliphatic rings. The molecule has 4 N–H and O–H groups in total. The van der Waals surface area contributed by atoms with Gasteiger partial charge in [0, 0.05) is 12.8 Å². The maximum atomic E-state index is 2.52. The lowest BCUT2D eigenvalue weighted by molar-refractivity contribution is -0.686. The summed E-state index contributed by atoms with van der Waals surface area (Å²) in [5, 5.41) is 5.04. The van der Waals surface area contributed by atoms with Crippen LogP contribution in [0.25, 0.3) is 0 Å². The third-order valence-electron chi connectivity index (χ3n) is 5.35. The number of quaternary nitrogens is 2. The van der Waals surface area contributed by atoms with Gasteiger partial charge in [0.15, 0.2) is 0 Å². The Morgan fingerprint density at radius 1 is 0.556 bits per heavy atom. The molecule has 2 aromatic rings. The topological polar surface area (TPSA) is 33.2 Å². The molecule has 0 aliphatic carbocycles. The van der Waals surface area contributed by atoms with Gasteiger partial charge in [-0.2, -0.15) is 0 Å². The van der Waals surface area contributed by atoms with E-state index in [-0.39, 0.29) is 0 Å². The second-order valence-corrected chi connectivity index (χ2v) is 8.15. The van der Waals surface area contributed by atoms with Crippen molar-refractivity contribution in [3.63, 3.8) is 0 Å². The SMILES string of the molecule is C[C@H](Cc1ccccc1)[NH2+]CCCCCCC[NH2+][C@@H](C)Cc1ccccc1. The molecule has 0 aliphatic heterocycles. The molecule has 27 heavy (non-hydrogen) atoms. The lowest BCUT2D eigenvalue weighted by Gasteiger charge is -2.11. The summed E-state index contributed by atoms with van der Waals surface area (Å²) in [5.74, 6) is 0. The van der Waals surface area contributed by atoms with E-state index in [9.17, 15) is 0 Å². The van der Waals surface area contributed by atoms with Crippen LogP contribution in [0.2, 0.25) is 0 Å². The van der Waals surface area contributed by atoms with Crippen molar-refractivity contribution in [3.05, 3.63) is 71.8 Å². The molecule has 2 nitrogen and oxygen atoms in total. The minimum absolute atomic E-state index is 0.688. The normalized spacial score (nSPS) is 13.4. The van der Waals surface area contributed by atoms with E-state index in [1.54, 1.807) is 0 Å². The summed E-state index contributed by atoms with van der Waals surface area (Å²) in [4.78, 5) is 0. The van der Waals surface area contributed by atoms with Crippen LogP contribution in [-0.4, -0.2) is 25.2 Å². The molecule has 2 heteroatoms. The van der Waals surface area contributed by atoms with E-state index in [1.807, 2.05) is 0 Å². The first-order valence-electron chi connectivity index (χ1n) is 11.0. The van der Waals surface area contributed by atoms with Crippen LogP contribution in [0.15, 0.2) is 60.7 Å². The summed E-state index contributed by atoms with van der Waals surface area (Å²) in [7, 11) is 0. The summed E-state index contributed by atoms with van der Waals surface area (Å²) in [6.07, 6.45) is 9.22. The van der Waals surface area contributed by atoms with Crippen molar-refractivity contribution >= 4 is 0 Å². The number of benzene rings is 2. The van der Waals surface area contributed by atoms with Gasteiger partial charge in [0.1, 0.15) is 0 Å². The highest BCUT2D eigenvalue weighted by atomic mass is 14.9. The third kappa shape index (κ3) is 10.3. The molecule has 2 rings (SSSR count). The molecule has 0 fully saturated rings. The zero-order chi connectivity index (χ0) is 19.2. The van der Waals surface area contributed by atoms with Crippen molar-refractivity contribution in [2.75, 3.05) is 13.1 Å². The molecule has 0 aromatic heterocycles. The highest BCUT2D eigenvalue weighted by Gasteiger charge is 2.06. The van der Waals surface area contributed by atoms with Crippen LogP contribution in [0, 0.1) is 0 Å². The van der Waals surface area contributed by atoms with Gasteiger partial charge in [-0.3, -0.25) is 0 Å². The number of rotatable bonds is 14. The van der Waals surface area contributed by atoms with Gasteiger partial charge in [0.05, 0.1) is 25.2 Å². The standard InChI is InChI=1S/C25H38N2/c1-22(20-24-14-8-6-9-15-24)26-18-12-4-3-5-13-19-27-23(2)21-25-16-10-7-11-17-25/h6-11,14-17,22-23,26-27H,3-5,12-13,18-21H2,1-2H3/p+2/t22-,23+. The van der Waals surface area contributed by atoms with Gasteiger partial charge in [-0.15, -0.1) is 0 Å². The van der Waals surface area contributed by atoms with Crippen molar-refractivity contribution < 1.29 is 10.6 Å². The molecule has 0 bridgehead atoms. The number of hydrogen-bond acceptors (Lipinski definition) is 0. The molecule has 0 saturated heterocycles. The van der Waals surface area contributed by atoms with E-state index in [2.05, 4.69) is 85.1 Å². The Bertz CT molecular complexity index is 528. The fraction of sp³-hybridized carbons (Fsp3) is 0.520. The molecule has 0 radical (unpaired) electrons. The molecule has 0 unspecified atom stereocenters. The van der Waals surface area contributed by atoms with Gasteiger partial charge in [0.2, 0.25) is 0 Å². The first-order chi connectivity index (χ1) is 13.2. The van der Waals surface area contributed by atoms with Crippen LogP contribution >= 0.6 is 0 Å².